The molecule has 0 unspecified atom stereocenters. The highest BCUT2D eigenvalue weighted by molar-refractivity contribution is 7.14. The second kappa shape index (κ2) is 6.28. The molecule has 0 aliphatic carbocycles. The molecule has 1 aromatic rings. The minimum atomic E-state index is -0.557. The van der Waals surface area contributed by atoms with Crippen molar-refractivity contribution in [2.24, 2.45) is 5.92 Å². The fraction of sp³-hybridized carbons (Fsp3) is 0.455. The van der Waals surface area contributed by atoms with Crippen LogP contribution in [0.15, 0.2) is 6.07 Å². The van der Waals surface area contributed by atoms with Crippen molar-refractivity contribution in [3.63, 3.8) is 0 Å². The van der Waals surface area contributed by atoms with Gasteiger partial charge in [0.2, 0.25) is 5.91 Å². The van der Waals surface area contributed by atoms with Gasteiger partial charge in [0.25, 0.3) is 11.6 Å². The zero-order valence-corrected chi connectivity index (χ0v) is 11.7. The number of hydrazine groups is 1. The van der Waals surface area contributed by atoms with E-state index in [4.69, 9.17) is 0 Å². The molecule has 1 rings (SSSR count). The van der Waals surface area contributed by atoms with Gasteiger partial charge >= 0.3 is 0 Å². The van der Waals surface area contributed by atoms with E-state index in [-0.39, 0.29) is 22.4 Å². The van der Waals surface area contributed by atoms with Crippen molar-refractivity contribution in [3.8, 4) is 0 Å². The number of nitrogens with zero attached hydrogens (tertiary/aromatic N) is 1. The Morgan fingerprint density at radius 1 is 1.42 bits per heavy atom. The predicted octanol–water partition coefficient (Wildman–Crippen LogP) is 1.77. The van der Waals surface area contributed by atoms with Crippen LogP contribution in [0.1, 0.15) is 34.8 Å². The molecule has 1 aromatic heterocycles. The van der Waals surface area contributed by atoms with Crippen molar-refractivity contribution < 1.29 is 14.5 Å². The van der Waals surface area contributed by atoms with Crippen molar-refractivity contribution in [3.05, 3.63) is 25.9 Å². The first-order valence-electron chi connectivity index (χ1n) is 5.65. The van der Waals surface area contributed by atoms with Crippen molar-refractivity contribution in [2.75, 3.05) is 0 Å². The van der Waals surface area contributed by atoms with E-state index in [1.807, 2.05) is 13.8 Å². The van der Waals surface area contributed by atoms with Crippen LogP contribution in [0.25, 0.3) is 0 Å². The average molecular weight is 285 g/mol. The van der Waals surface area contributed by atoms with Crippen molar-refractivity contribution in [1.82, 2.24) is 10.9 Å². The van der Waals surface area contributed by atoms with Gasteiger partial charge in [0.05, 0.1) is 9.80 Å². The number of rotatable bonds is 4. The van der Waals surface area contributed by atoms with E-state index in [2.05, 4.69) is 10.9 Å². The Hall–Kier alpha value is -1.96. The average Bonchev–Trinajstić information content (AvgIpc) is 2.67. The van der Waals surface area contributed by atoms with Crippen LogP contribution in [0.2, 0.25) is 0 Å². The molecule has 104 valence electrons. The number of hydrogen-bond acceptors (Lipinski definition) is 5. The first-order valence-corrected chi connectivity index (χ1v) is 6.47. The number of thiophene rings is 1. The van der Waals surface area contributed by atoms with Gasteiger partial charge in [-0.25, -0.2) is 0 Å². The Bertz CT molecular complexity index is 510. The van der Waals surface area contributed by atoms with Gasteiger partial charge in [0.15, 0.2) is 0 Å². The number of aryl methyl sites for hydroxylation is 1. The molecule has 8 heteroatoms. The summed E-state index contributed by atoms with van der Waals surface area (Å²) in [5, 5.41) is 10.7. The van der Waals surface area contributed by atoms with Gasteiger partial charge in [-0.1, -0.05) is 13.8 Å². The number of nitro groups is 1. The number of carbonyl (C=O) groups is 2. The van der Waals surface area contributed by atoms with Gasteiger partial charge in [-0.05, 0) is 12.8 Å². The summed E-state index contributed by atoms with van der Waals surface area (Å²) in [7, 11) is 0. The van der Waals surface area contributed by atoms with E-state index in [1.165, 1.54) is 6.07 Å². The van der Waals surface area contributed by atoms with Gasteiger partial charge in [-0.3, -0.25) is 30.6 Å². The Kier molecular flexibility index (Phi) is 4.99. The zero-order valence-electron chi connectivity index (χ0n) is 10.9. The second-order valence-corrected chi connectivity index (χ2v) is 5.67. The van der Waals surface area contributed by atoms with Gasteiger partial charge in [0.1, 0.15) is 4.88 Å². The van der Waals surface area contributed by atoms with Crippen molar-refractivity contribution >= 4 is 28.8 Å². The summed E-state index contributed by atoms with van der Waals surface area (Å²) in [4.78, 5) is 33.8. The summed E-state index contributed by atoms with van der Waals surface area (Å²) in [6.45, 7) is 5.33. The highest BCUT2D eigenvalue weighted by Crippen LogP contribution is 2.27. The number of nitrogens with one attached hydrogen (secondary N) is 2. The van der Waals surface area contributed by atoms with Gasteiger partial charge in [-0.15, -0.1) is 11.3 Å². The van der Waals surface area contributed by atoms with Crippen LogP contribution >= 0.6 is 11.3 Å². The van der Waals surface area contributed by atoms with Crippen molar-refractivity contribution in [1.29, 1.82) is 0 Å². The first kappa shape index (κ1) is 15.1. The molecule has 7 nitrogen and oxygen atoms in total. The lowest BCUT2D eigenvalue weighted by Crippen LogP contribution is -2.41. The highest BCUT2D eigenvalue weighted by Gasteiger charge is 2.19. The standard InChI is InChI=1S/C11H15N3O4S/c1-6(2)4-10(15)12-13-11(16)9-5-8(14(17)18)7(3)19-9/h5-6H,4H2,1-3H3,(H,12,15)(H,13,16). The van der Waals surface area contributed by atoms with E-state index in [0.717, 1.165) is 11.3 Å². The number of hydrogen-bond donors (Lipinski definition) is 2. The summed E-state index contributed by atoms with van der Waals surface area (Å²) in [6.07, 6.45) is 0.296. The van der Waals surface area contributed by atoms with Crippen LogP contribution in [0.3, 0.4) is 0 Å². The molecule has 19 heavy (non-hydrogen) atoms. The predicted molar refractivity (Wildman–Crippen MR) is 70.8 cm³/mol. The molecule has 0 spiro atoms. The van der Waals surface area contributed by atoms with Crippen LogP contribution in [-0.4, -0.2) is 16.7 Å². The maximum Gasteiger partial charge on any atom is 0.283 e. The molecule has 2 N–H and O–H groups in total. The molecular formula is C11H15N3O4S. The molecule has 0 radical (unpaired) electrons. The Labute approximate surface area is 114 Å². The Morgan fingerprint density at radius 2 is 2.05 bits per heavy atom. The van der Waals surface area contributed by atoms with Crippen LogP contribution in [0.5, 0.6) is 0 Å². The van der Waals surface area contributed by atoms with Crippen LogP contribution < -0.4 is 10.9 Å². The van der Waals surface area contributed by atoms with Gasteiger partial charge in [-0.2, -0.15) is 0 Å². The topological polar surface area (TPSA) is 101 Å². The lowest BCUT2D eigenvalue weighted by atomic mass is 10.1. The van der Waals surface area contributed by atoms with Gasteiger partial charge in [0, 0.05) is 12.5 Å². The summed E-state index contributed by atoms with van der Waals surface area (Å²) in [5.41, 5.74) is 4.41. The normalized spacial score (nSPS) is 10.3. The summed E-state index contributed by atoms with van der Waals surface area (Å²) in [5.74, 6) is -0.675. The van der Waals surface area contributed by atoms with Crippen LogP contribution in [0.4, 0.5) is 5.69 Å². The van der Waals surface area contributed by atoms with E-state index in [9.17, 15) is 19.7 Å². The molecular weight excluding hydrogens is 270 g/mol. The first-order chi connectivity index (χ1) is 8.81. The summed E-state index contributed by atoms with van der Waals surface area (Å²) >= 11 is 1.01. The molecule has 0 fully saturated rings. The van der Waals surface area contributed by atoms with Crippen LogP contribution in [-0.2, 0) is 4.79 Å². The Balaban J connectivity index is 2.62. The third-order valence-electron chi connectivity index (χ3n) is 2.22. The van der Waals surface area contributed by atoms with Gasteiger partial charge < -0.3 is 0 Å². The smallest absolute Gasteiger partial charge is 0.273 e. The molecule has 0 saturated heterocycles. The molecule has 1 heterocycles. The van der Waals surface area contributed by atoms with E-state index in [0.29, 0.717) is 11.3 Å². The fourth-order valence-electron chi connectivity index (χ4n) is 1.38. The SMILES string of the molecule is Cc1sc(C(=O)NNC(=O)CC(C)C)cc1[N+](=O)[O-]. The van der Waals surface area contributed by atoms with E-state index < -0.39 is 10.8 Å². The number of amides is 2. The quantitative estimate of drug-likeness (QED) is 0.650. The van der Waals surface area contributed by atoms with E-state index in [1.54, 1.807) is 6.92 Å². The molecule has 0 bridgehead atoms. The summed E-state index contributed by atoms with van der Waals surface area (Å²) in [6, 6.07) is 1.20. The zero-order chi connectivity index (χ0) is 14.6. The van der Waals surface area contributed by atoms with E-state index >= 15 is 0 Å². The molecule has 0 aromatic carbocycles. The lowest BCUT2D eigenvalue weighted by Gasteiger charge is -2.07. The fourth-order valence-corrected chi connectivity index (χ4v) is 2.26. The summed E-state index contributed by atoms with van der Waals surface area (Å²) < 4.78 is 0. The maximum absolute atomic E-state index is 11.7. The highest BCUT2D eigenvalue weighted by atomic mass is 32.1. The molecule has 0 saturated carbocycles. The number of carbonyl (C=O) groups excluding carboxylic acids is 2. The lowest BCUT2D eigenvalue weighted by molar-refractivity contribution is -0.385. The van der Waals surface area contributed by atoms with Crippen molar-refractivity contribution in [2.45, 2.75) is 27.2 Å². The maximum atomic E-state index is 11.7. The third-order valence-corrected chi connectivity index (χ3v) is 3.26. The Morgan fingerprint density at radius 3 is 2.53 bits per heavy atom. The molecule has 0 aliphatic rings. The molecule has 2 amide bonds. The third kappa shape index (κ3) is 4.32. The second-order valence-electron chi connectivity index (χ2n) is 4.41. The largest absolute Gasteiger partial charge is 0.283 e. The molecule has 0 atom stereocenters. The monoisotopic (exact) mass is 285 g/mol. The molecule has 0 aliphatic heterocycles. The minimum Gasteiger partial charge on any atom is -0.273 e. The van der Waals surface area contributed by atoms with Crippen LogP contribution in [0, 0.1) is 23.0 Å². The minimum absolute atomic E-state index is 0.0938.